The molecule has 0 spiro atoms. The molecule has 0 saturated carbocycles. The van der Waals surface area contributed by atoms with E-state index in [1.807, 2.05) is 65.0 Å². The van der Waals surface area contributed by atoms with Crippen LogP contribution in [0.4, 0.5) is 4.79 Å². The third kappa shape index (κ3) is 10.3. The Kier molecular flexibility index (Phi) is 12.3. The zero-order valence-corrected chi connectivity index (χ0v) is 23.2. The molecule has 3 amide bonds. The average Bonchev–Trinajstić information content (AvgIpc) is 2.75. The molecular weight excluding hydrogens is 442 g/mol. The molecule has 0 aliphatic heterocycles. The molecule has 0 aromatic heterocycles. The first kappa shape index (κ1) is 30.5. The van der Waals surface area contributed by atoms with Gasteiger partial charge in [-0.05, 0) is 65.4 Å². The van der Waals surface area contributed by atoms with Crippen LogP contribution in [0.15, 0.2) is 30.3 Å². The highest BCUT2D eigenvalue weighted by Crippen LogP contribution is 2.27. The van der Waals surface area contributed by atoms with Gasteiger partial charge in [-0.2, -0.15) is 0 Å². The van der Waals surface area contributed by atoms with Crippen molar-refractivity contribution in [3.05, 3.63) is 35.9 Å². The molecule has 0 heterocycles. The van der Waals surface area contributed by atoms with E-state index in [1.165, 1.54) is 0 Å². The molecule has 4 atom stereocenters. The minimum absolute atomic E-state index is 0.0149. The lowest BCUT2D eigenvalue weighted by Gasteiger charge is -2.39. The molecular formula is C28H47N3O4. The van der Waals surface area contributed by atoms with Gasteiger partial charge in [0.1, 0.15) is 17.7 Å². The van der Waals surface area contributed by atoms with Crippen LogP contribution in [0.5, 0.6) is 0 Å². The summed E-state index contributed by atoms with van der Waals surface area (Å²) in [5, 5.41) is 5.89. The van der Waals surface area contributed by atoms with Crippen LogP contribution in [-0.4, -0.2) is 46.5 Å². The van der Waals surface area contributed by atoms with E-state index in [0.29, 0.717) is 12.8 Å². The maximum atomic E-state index is 14.1. The number of nitrogens with one attached hydrogen (secondary N) is 2. The molecule has 0 saturated heterocycles. The number of carbonyl (C=O) groups is 3. The highest BCUT2D eigenvalue weighted by molar-refractivity contribution is 5.92. The van der Waals surface area contributed by atoms with E-state index in [9.17, 15) is 14.4 Å². The van der Waals surface area contributed by atoms with Crippen LogP contribution < -0.4 is 10.6 Å². The molecule has 0 aliphatic carbocycles. The van der Waals surface area contributed by atoms with Crippen LogP contribution in [0.3, 0.4) is 0 Å². The molecule has 35 heavy (non-hydrogen) atoms. The van der Waals surface area contributed by atoms with Crippen molar-refractivity contribution in [2.24, 2.45) is 5.92 Å². The van der Waals surface area contributed by atoms with E-state index in [-0.39, 0.29) is 29.8 Å². The van der Waals surface area contributed by atoms with Crippen molar-refractivity contribution in [3.8, 4) is 0 Å². The van der Waals surface area contributed by atoms with Crippen molar-refractivity contribution in [2.75, 3.05) is 0 Å². The van der Waals surface area contributed by atoms with Crippen LogP contribution in [0.2, 0.25) is 0 Å². The summed E-state index contributed by atoms with van der Waals surface area (Å²) in [4.78, 5) is 42.0. The average molecular weight is 490 g/mol. The molecule has 4 unspecified atom stereocenters. The predicted molar refractivity (Wildman–Crippen MR) is 141 cm³/mol. The van der Waals surface area contributed by atoms with Crippen molar-refractivity contribution >= 4 is 17.9 Å². The van der Waals surface area contributed by atoms with Crippen LogP contribution in [0, 0.1) is 5.92 Å². The fourth-order valence-electron chi connectivity index (χ4n) is 4.02. The molecule has 0 radical (unpaired) electrons. The lowest BCUT2D eigenvalue weighted by atomic mass is 9.97. The molecule has 198 valence electrons. The Hall–Kier alpha value is -2.57. The first-order chi connectivity index (χ1) is 16.3. The molecule has 1 rings (SSSR count). The fourth-order valence-corrected chi connectivity index (χ4v) is 4.02. The summed E-state index contributed by atoms with van der Waals surface area (Å²) >= 11 is 0. The summed E-state index contributed by atoms with van der Waals surface area (Å²) in [5.41, 5.74) is 0.0521. The lowest BCUT2D eigenvalue weighted by molar-refractivity contribution is -0.145. The van der Waals surface area contributed by atoms with Gasteiger partial charge in [-0.25, -0.2) is 4.79 Å². The highest BCUT2D eigenvalue weighted by atomic mass is 16.6. The molecule has 1 aromatic rings. The second-order valence-corrected chi connectivity index (χ2v) is 10.8. The molecule has 0 bridgehead atoms. The van der Waals surface area contributed by atoms with Gasteiger partial charge >= 0.3 is 6.09 Å². The maximum absolute atomic E-state index is 14.1. The minimum Gasteiger partial charge on any atom is -0.444 e. The third-order valence-corrected chi connectivity index (χ3v) is 5.77. The largest absolute Gasteiger partial charge is 0.444 e. The summed E-state index contributed by atoms with van der Waals surface area (Å²) in [7, 11) is 0. The van der Waals surface area contributed by atoms with Gasteiger partial charge in [0.05, 0.1) is 0 Å². The topological polar surface area (TPSA) is 87.7 Å². The van der Waals surface area contributed by atoms with E-state index in [1.54, 1.807) is 25.7 Å². The fraction of sp³-hybridized carbons (Fsp3) is 0.679. The van der Waals surface area contributed by atoms with Crippen molar-refractivity contribution < 1.29 is 19.1 Å². The second-order valence-electron chi connectivity index (χ2n) is 10.8. The van der Waals surface area contributed by atoms with Crippen molar-refractivity contribution in [1.82, 2.24) is 15.5 Å². The van der Waals surface area contributed by atoms with E-state index in [4.69, 9.17) is 4.74 Å². The quantitative estimate of drug-likeness (QED) is 0.400. The number of alkyl carbamates (subject to hydrolysis) is 1. The Bertz CT molecular complexity index is 804. The standard InChI is InChI=1S/C28H47N3O4/c1-10-15-20(5)29-25(32)24(22-16-13-12-14-17-22)31(21(6)11-2)26(33)23(18-19(3)4)30-27(34)35-28(7,8)9/h12-14,16-17,19-21,23-24H,10-11,15,18H2,1-9H3,(H,29,32)(H,30,34). The summed E-state index contributed by atoms with van der Waals surface area (Å²) < 4.78 is 5.44. The normalized spacial score (nSPS) is 15.0. The molecule has 0 fully saturated rings. The number of hydrogen-bond acceptors (Lipinski definition) is 4. The first-order valence-corrected chi connectivity index (χ1v) is 13.0. The maximum Gasteiger partial charge on any atom is 0.408 e. The molecule has 0 aliphatic rings. The number of carbonyl (C=O) groups excluding carboxylic acids is 3. The number of benzene rings is 1. The van der Waals surface area contributed by atoms with Gasteiger partial charge < -0.3 is 20.3 Å². The first-order valence-electron chi connectivity index (χ1n) is 13.0. The zero-order valence-electron chi connectivity index (χ0n) is 23.2. The number of rotatable bonds is 12. The summed E-state index contributed by atoms with van der Waals surface area (Å²) in [6.45, 7) is 17.3. The van der Waals surface area contributed by atoms with Gasteiger partial charge in [-0.1, -0.05) is 64.4 Å². The Morgan fingerprint density at radius 2 is 1.57 bits per heavy atom. The smallest absolute Gasteiger partial charge is 0.408 e. The monoisotopic (exact) mass is 489 g/mol. The Labute approximate surface area is 212 Å². The van der Waals surface area contributed by atoms with E-state index < -0.39 is 23.8 Å². The zero-order chi connectivity index (χ0) is 26.8. The predicted octanol–water partition coefficient (Wildman–Crippen LogP) is 5.60. The number of nitrogens with zero attached hydrogens (tertiary/aromatic N) is 1. The van der Waals surface area contributed by atoms with Crippen molar-refractivity contribution in [2.45, 2.75) is 118 Å². The Morgan fingerprint density at radius 1 is 0.971 bits per heavy atom. The molecule has 2 N–H and O–H groups in total. The molecule has 7 heteroatoms. The van der Waals surface area contributed by atoms with E-state index in [2.05, 4.69) is 17.6 Å². The second kappa shape index (κ2) is 14.1. The number of amides is 3. The number of ether oxygens (including phenoxy) is 1. The molecule has 1 aromatic carbocycles. The Balaban J connectivity index is 3.45. The van der Waals surface area contributed by atoms with Crippen LogP contribution in [0.1, 0.15) is 99.6 Å². The van der Waals surface area contributed by atoms with Gasteiger partial charge in [-0.3, -0.25) is 9.59 Å². The van der Waals surface area contributed by atoms with Gasteiger partial charge in [0.25, 0.3) is 0 Å². The summed E-state index contributed by atoms with van der Waals surface area (Å²) in [6, 6.07) is 7.50. The highest BCUT2D eigenvalue weighted by Gasteiger charge is 2.38. The minimum atomic E-state index is -0.814. The molecule has 7 nitrogen and oxygen atoms in total. The van der Waals surface area contributed by atoms with Crippen LogP contribution in [0.25, 0.3) is 0 Å². The third-order valence-electron chi connectivity index (χ3n) is 5.77. The van der Waals surface area contributed by atoms with Gasteiger partial charge in [0.15, 0.2) is 0 Å². The summed E-state index contributed by atoms with van der Waals surface area (Å²) in [5.74, 6) is -0.358. The van der Waals surface area contributed by atoms with Gasteiger partial charge in [-0.15, -0.1) is 0 Å². The van der Waals surface area contributed by atoms with E-state index in [0.717, 1.165) is 18.4 Å². The van der Waals surface area contributed by atoms with E-state index >= 15 is 0 Å². The lowest BCUT2D eigenvalue weighted by Crippen LogP contribution is -2.56. The van der Waals surface area contributed by atoms with Crippen LogP contribution >= 0.6 is 0 Å². The van der Waals surface area contributed by atoms with Crippen LogP contribution in [-0.2, 0) is 14.3 Å². The van der Waals surface area contributed by atoms with Crippen molar-refractivity contribution in [1.29, 1.82) is 0 Å². The van der Waals surface area contributed by atoms with Gasteiger partial charge in [0.2, 0.25) is 11.8 Å². The van der Waals surface area contributed by atoms with Crippen molar-refractivity contribution in [3.63, 3.8) is 0 Å². The number of hydrogen-bond donors (Lipinski definition) is 2. The van der Waals surface area contributed by atoms with Gasteiger partial charge in [0, 0.05) is 12.1 Å². The Morgan fingerprint density at radius 3 is 2.06 bits per heavy atom. The SMILES string of the molecule is CCCC(C)NC(=O)C(c1ccccc1)N(C(=O)C(CC(C)C)NC(=O)OC(C)(C)C)C(C)CC. The summed E-state index contributed by atoms with van der Waals surface area (Å²) in [6.07, 6.45) is 2.24.